The molecule has 4 rings (SSSR count). The van der Waals surface area contributed by atoms with Gasteiger partial charge in [-0.25, -0.2) is 4.79 Å². The quantitative estimate of drug-likeness (QED) is 0.641. The number of nitrogens with zero attached hydrogens (tertiary/aromatic N) is 2. The molecule has 0 radical (unpaired) electrons. The number of fused-ring (bicyclic) bond motifs is 2. The molecule has 6 nitrogen and oxygen atoms in total. The third-order valence-electron chi connectivity index (χ3n) is 7.02. The van der Waals surface area contributed by atoms with Gasteiger partial charge in [0.05, 0.1) is 0 Å². The molecule has 1 aliphatic heterocycles. The Morgan fingerprint density at radius 1 is 1.26 bits per heavy atom. The molecule has 1 saturated heterocycles. The zero-order valence-corrected chi connectivity index (χ0v) is 19.7. The molecule has 0 bridgehead atoms. The van der Waals surface area contributed by atoms with E-state index < -0.39 is 0 Å². The molecule has 1 aromatic heterocycles. The maximum absolute atomic E-state index is 12.8. The van der Waals surface area contributed by atoms with E-state index in [1.165, 1.54) is 10.9 Å². The number of halogens is 1. The SMILES string of the molecule is CCCN1C[C@@H](NC(=O)N(CC)CC)C[C@@H]2c3cc(C(C)=O)cc4[nH]c(Cl)c(c34)C[C@H]21. The summed E-state index contributed by atoms with van der Waals surface area (Å²) in [5, 5.41) is 5.14. The van der Waals surface area contributed by atoms with Crippen LogP contribution in [0.2, 0.25) is 5.15 Å². The number of piperidine rings is 1. The normalized spacial score (nSPS) is 22.9. The van der Waals surface area contributed by atoms with Gasteiger partial charge in [-0.15, -0.1) is 0 Å². The van der Waals surface area contributed by atoms with Crippen molar-refractivity contribution in [3.8, 4) is 0 Å². The number of urea groups is 1. The van der Waals surface area contributed by atoms with Crippen molar-refractivity contribution in [2.45, 2.75) is 65.0 Å². The van der Waals surface area contributed by atoms with Crippen LogP contribution < -0.4 is 5.32 Å². The van der Waals surface area contributed by atoms with Gasteiger partial charge in [-0.3, -0.25) is 9.69 Å². The Morgan fingerprint density at radius 2 is 2.00 bits per heavy atom. The Morgan fingerprint density at radius 3 is 2.65 bits per heavy atom. The lowest BCUT2D eigenvalue weighted by molar-refractivity contribution is 0.0977. The molecule has 1 aliphatic carbocycles. The number of carbonyl (C=O) groups excluding carboxylic acids is 2. The molecule has 1 aromatic carbocycles. The van der Waals surface area contributed by atoms with Crippen LogP contribution in [0.4, 0.5) is 4.79 Å². The fraction of sp³-hybridized carbons (Fsp3) is 0.583. The third kappa shape index (κ3) is 3.96. The van der Waals surface area contributed by atoms with Crippen molar-refractivity contribution in [2.24, 2.45) is 0 Å². The van der Waals surface area contributed by atoms with Crippen molar-refractivity contribution >= 4 is 34.3 Å². The number of hydrogen-bond donors (Lipinski definition) is 2. The predicted molar refractivity (Wildman–Crippen MR) is 125 cm³/mol. The second-order valence-electron chi connectivity index (χ2n) is 8.89. The van der Waals surface area contributed by atoms with Crippen molar-refractivity contribution in [3.63, 3.8) is 0 Å². The van der Waals surface area contributed by atoms with E-state index in [1.807, 2.05) is 24.8 Å². The zero-order chi connectivity index (χ0) is 22.3. The zero-order valence-electron chi connectivity index (χ0n) is 18.9. The van der Waals surface area contributed by atoms with Crippen LogP contribution in [0.15, 0.2) is 12.1 Å². The number of ketones is 1. The Hall–Kier alpha value is -2.05. The van der Waals surface area contributed by atoms with E-state index >= 15 is 0 Å². The highest BCUT2D eigenvalue weighted by molar-refractivity contribution is 6.32. The summed E-state index contributed by atoms with van der Waals surface area (Å²) in [6, 6.07) is 4.39. The number of rotatable bonds is 6. The first kappa shape index (κ1) is 22.2. The van der Waals surface area contributed by atoms with Crippen molar-refractivity contribution < 1.29 is 9.59 Å². The molecule has 2 heterocycles. The number of Topliss-reactive ketones (excluding diaryl/α,β-unsaturated/α-hetero) is 1. The lowest BCUT2D eigenvalue weighted by atomic mass is 9.73. The van der Waals surface area contributed by atoms with Gasteiger partial charge in [-0.1, -0.05) is 18.5 Å². The molecule has 0 saturated carbocycles. The molecule has 2 aromatic rings. The summed E-state index contributed by atoms with van der Waals surface area (Å²) < 4.78 is 0. The van der Waals surface area contributed by atoms with Crippen molar-refractivity contribution in [3.05, 3.63) is 34.0 Å². The minimum absolute atomic E-state index is 0.00807. The smallest absolute Gasteiger partial charge is 0.317 e. The molecule has 168 valence electrons. The first-order chi connectivity index (χ1) is 14.9. The fourth-order valence-corrected chi connectivity index (χ4v) is 5.82. The average Bonchev–Trinajstić information content (AvgIpc) is 3.05. The number of amides is 2. The largest absolute Gasteiger partial charge is 0.345 e. The summed E-state index contributed by atoms with van der Waals surface area (Å²) in [7, 11) is 0. The first-order valence-electron chi connectivity index (χ1n) is 11.5. The summed E-state index contributed by atoms with van der Waals surface area (Å²) >= 11 is 6.60. The number of benzene rings is 1. The lowest BCUT2D eigenvalue weighted by Gasteiger charge is -2.47. The Labute approximate surface area is 189 Å². The summed E-state index contributed by atoms with van der Waals surface area (Å²) in [4.78, 5) is 32.6. The number of aromatic nitrogens is 1. The van der Waals surface area contributed by atoms with E-state index in [2.05, 4.69) is 28.2 Å². The van der Waals surface area contributed by atoms with Crippen LogP contribution in [0, 0.1) is 0 Å². The van der Waals surface area contributed by atoms with Crippen LogP contribution in [0.3, 0.4) is 0 Å². The maximum Gasteiger partial charge on any atom is 0.317 e. The summed E-state index contributed by atoms with van der Waals surface area (Å²) in [6.45, 7) is 11.0. The molecule has 1 fully saturated rings. The van der Waals surface area contributed by atoms with E-state index in [1.54, 1.807) is 6.92 Å². The van der Waals surface area contributed by atoms with Crippen molar-refractivity contribution in [2.75, 3.05) is 26.2 Å². The van der Waals surface area contributed by atoms with Crippen LogP contribution >= 0.6 is 11.6 Å². The topological polar surface area (TPSA) is 68.4 Å². The fourth-order valence-electron chi connectivity index (χ4n) is 5.54. The first-order valence-corrected chi connectivity index (χ1v) is 11.9. The number of hydrogen-bond acceptors (Lipinski definition) is 3. The van der Waals surface area contributed by atoms with Gasteiger partial charge in [-0.05, 0) is 69.8 Å². The lowest BCUT2D eigenvalue weighted by Crippen LogP contribution is -2.57. The van der Waals surface area contributed by atoms with Gasteiger partial charge in [0.25, 0.3) is 0 Å². The van der Waals surface area contributed by atoms with Crippen LogP contribution in [0.1, 0.15) is 67.9 Å². The van der Waals surface area contributed by atoms with Gasteiger partial charge < -0.3 is 15.2 Å². The number of H-pyrrole nitrogens is 1. The van der Waals surface area contributed by atoms with E-state index in [0.29, 0.717) is 29.8 Å². The summed E-state index contributed by atoms with van der Waals surface area (Å²) in [5.74, 6) is 0.309. The molecule has 0 spiro atoms. The highest BCUT2D eigenvalue weighted by atomic mass is 35.5. The summed E-state index contributed by atoms with van der Waals surface area (Å²) in [6.07, 6.45) is 2.82. The Kier molecular flexibility index (Phi) is 6.31. The van der Waals surface area contributed by atoms with E-state index in [4.69, 9.17) is 11.6 Å². The molecule has 7 heteroatoms. The van der Waals surface area contributed by atoms with E-state index in [0.717, 1.165) is 43.4 Å². The molecule has 3 atom stereocenters. The number of carbonyl (C=O) groups is 2. The van der Waals surface area contributed by atoms with E-state index in [9.17, 15) is 9.59 Å². The molecule has 0 unspecified atom stereocenters. The van der Waals surface area contributed by atoms with E-state index in [-0.39, 0.29) is 23.8 Å². The van der Waals surface area contributed by atoms with Crippen LogP contribution in [-0.2, 0) is 6.42 Å². The number of aromatic amines is 1. The number of nitrogens with one attached hydrogen (secondary N) is 2. The Balaban J connectivity index is 1.73. The monoisotopic (exact) mass is 444 g/mol. The second kappa shape index (κ2) is 8.83. The standard InChI is InChI=1S/C24H33ClN4O2/c1-5-8-29-13-16(26-24(31)28(6-2)7-3)11-17-18-9-15(14(4)30)10-20-22(18)19(12-21(17)29)23(25)27-20/h9-10,16-17,21,27H,5-8,11-13H2,1-4H3,(H,26,31)/t16-,17+,21+/m0/s1. The Bertz CT molecular complexity index is 997. The molecule has 2 amide bonds. The minimum Gasteiger partial charge on any atom is -0.345 e. The van der Waals surface area contributed by atoms with Gasteiger partial charge >= 0.3 is 6.03 Å². The molecular weight excluding hydrogens is 412 g/mol. The molecule has 31 heavy (non-hydrogen) atoms. The van der Waals surface area contributed by atoms with Gasteiger partial charge in [0.1, 0.15) is 5.15 Å². The molecule has 2 N–H and O–H groups in total. The van der Waals surface area contributed by atoms with Gasteiger partial charge in [-0.2, -0.15) is 0 Å². The average molecular weight is 445 g/mol. The second-order valence-corrected chi connectivity index (χ2v) is 9.27. The van der Waals surface area contributed by atoms with Gasteiger partial charge in [0.2, 0.25) is 0 Å². The highest BCUT2D eigenvalue weighted by Gasteiger charge is 2.42. The summed E-state index contributed by atoms with van der Waals surface area (Å²) in [5.41, 5.74) is 4.01. The molecular formula is C24H33ClN4O2. The molecule has 2 aliphatic rings. The highest BCUT2D eigenvalue weighted by Crippen LogP contribution is 2.46. The van der Waals surface area contributed by atoms with Crippen LogP contribution in [0.5, 0.6) is 0 Å². The van der Waals surface area contributed by atoms with Gasteiger partial charge in [0, 0.05) is 54.1 Å². The van der Waals surface area contributed by atoms with Crippen molar-refractivity contribution in [1.82, 2.24) is 20.1 Å². The number of likely N-dealkylation sites (tertiary alicyclic amines) is 1. The minimum atomic E-state index is 0.00807. The van der Waals surface area contributed by atoms with Crippen molar-refractivity contribution in [1.29, 1.82) is 0 Å². The van der Waals surface area contributed by atoms with Crippen LogP contribution in [0.25, 0.3) is 10.9 Å². The maximum atomic E-state index is 12.8. The third-order valence-corrected chi connectivity index (χ3v) is 7.34. The van der Waals surface area contributed by atoms with Gasteiger partial charge in [0.15, 0.2) is 5.78 Å². The predicted octanol–water partition coefficient (Wildman–Crippen LogP) is 4.57. The van der Waals surface area contributed by atoms with Crippen LogP contribution in [-0.4, -0.2) is 64.9 Å².